The molecule has 2 aliphatic heterocycles. The number of hydrogen-bond acceptors (Lipinski definition) is 4. The molecule has 6 nitrogen and oxygen atoms in total. The molecule has 1 aliphatic carbocycles. The molecular formula is C29H31N3O3. The van der Waals surface area contributed by atoms with E-state index in [2.05, 4.69) is 53.6 Å². The quantitative estimate of drug-likeness (QED) is 0.474. The van der Waals surface area contributed by atoms with Gasteiger partial charge in [0.15, 0.2) is 5.78 Å². The third kappa shape index (κ3) is 3.76. The molecular weight excluding hydrogens is 438 g/mol. The maximum atomic E-state index is 13.4. The Morgan fingerprint density at radius 2 is 1.57 bits per heavy atom. The fourth-order valence-corrected chi connectivity index (χ4v) is 6.62. The lowest BCUT2D eigenvalue weighted by molar-refractivity contribution is 0.00649. The van der Waals surface area contributed by atoms with Crippen LogP contribution in [-0.4, -0.2) is 45.2 Å². The monoisotopic (exact) mass is 469 g/mol. The molecule has 3 aliphatic rings. The van der Waals surface area contributed by atoms with E-state index in [-0.39, 0.29) is 35.8 Å². The Hall–Kier alpha value is -3.41. The van der Waals surface area contributed by atoms with Gasteiger partial charge in [-0.25, -0.2) is 4.79 Å². The number of fused-ring (bicyclic) bond motifs is 5. The van der Waals surface area contributed by atoms with Crippen molar-refractivity contribution < 1.29 is 14.3 Å². The van der Waals surface area contributed by atoms with E-state index in [1.807, 2.05) is 25.1 Å². The molecule has 2 fully saturated rings. The molecule has 180 valence electrons. The highest BCUT2D eigenvalue weighted by molar-refractivity contribution is 5.98. The largest absolute Gasteiger partial charge is 0.448 e. The lowest BCUT2D eigenvalue weighted by Gasteiger charge is -2.47. The van der Waals surface area contributed by atoms with Crippen LogP contribution in [0.25, 0.3) is 11.1 Å². The van der Waals surface area contributed by atoms with Gasteiger partial charge in [0.1, 0.15) is 6.61 Å². The second-order valence-corrected chi connectivity index (χ2v) is 10.3. The smallest absolute Gasteiger partial charge is 0.410 e. The number of piperidine rings is 2. The molecule has 3 heterocycles. The van der Waals surface area contributed by atoms with Crippen LogP contribution in [0.3, 0.4) is 0 Å². The van der Waals surface area contributed by atoms with E-state index in [0.29, 0.717) is 25.0 Å². The molecule has 2 aromatic carbocycles. The Balaban J connectivity index is 1.17. The van der Waals surface area contributed by atoms with Gasteiger partial charge in [-0.05, 0) is 61.3 Å². The second-order valence-electron chi connectivity index (χ2n) is 10.3. The first-order chi connectivity index (χ1) is 17.0. The van der Waals surface area contributed by atoms with Crippen molar-refractivity contribution in [3.63, 3.8) is 0 Å². The molecule has 2 bridgehead atoms. The summed E-state index contributed by atoms with van der Waals surface area (Å²) in [5.41, 5.74) is 6.39. The zero-order chi connectivity index (χ0) is 24.1. The number of benzene rings is 2. The topological polar surface area (TPSA) is 64.4 Å². The molecule has 0 spiro atoms. The van der Waals surface area contributed by atoms with Gasteiger partial charge in [-0.3, -0.25) is 9.48 Å². The number of aryl methyl sites for hydroxylation is 2. The number of amides is 1. The first-order valence-corrected chi connectivity index (χ1v) is 12.7. The maximum Gasteiger partial charge on any atom is 0.410 e. The molecule has 1 aromatic heterocycles. The molecule has 0 radical (unpaired) electrons. The Morgan fingerprint density at radius 3 is 2.14 bits per heavy atom. The fraction of sp³-hybridized carbons (Fsp3) is 0.414. The zero-order valence-corrected chi connectivity index (χ0v) is 20.3. The van der Waals surface area contributed by atoms with Crippen molar-refractivity contribution in [2.24, 2.45) is 13.0 Å². The third-order valence-electron chi connectivity index (χ3n) is 8.17. The van der Waals surface area contributed by atoms with Crippen LogP contribution in [-0.2, 0) is 11.8 Å². The Kier molecular flexibility index (Phi) is 5.47. The summed E-state index contributed by atoms with van der Waals surface area (Å²) in [6, 6.07) is 16.9. The van der Waals surface area contributed by atoms with E-state index in [0.717, 1.165) is 25.0 Å². The number of Topliss-reactive ketones (excluding diaryl/α,β-unsaturated/α-hetero) is 1. The van der Waals surface area contributed by atoms with E-state index < -0.39 is 0 Å². The zero-order valence-electron chi connectivity index (χ0n) is 20.3. The minimum absolute atomic E-state index is 0.0545. The van der Waals surface area contributed by atoms with E-state index in [9.17, 15) is 9.59 Å². The van der Waals surface area contributed by atoms with Crippen LogP contribution in [0.15, 0.2) is 54.7 Å². The summed E-state index contributed by atoms with van der Waals surface area (Å²) in [5, 5.41) is 4.35. The van der Waals surface area contributed by atoms with Crippen molar-refractivity contribution in [2.75, 3.05) is 6.61 Å². The summed E-state index contributed by atoms with van der Waals surface area (Å²) >= 11 is 0. The molecule has 1 amide bonds. The molecule has 3 aromatic rings. The maximum absolute atomic E-state index is 13.4. The van der Waals surface area contributed by atoms with Gasteiger partial charge in [-0.15, -0.1) is 0 Å². The van der Waals surface area contributed by atoms with Crippen molar-refractivity contribution in [3.8, 4) is 11.1 Å². The number of rotatable bonds is 4. The predicted molar refractivity (Wildman–Crippen MR) is 133 cm³/mol. The Morgan fingerprint density at radius 1 is 0.971 bits per heavy atom. The number of ketones is 1. The predicted octanol–water partition coefficient (Wildman–Crippen LogP) is 5.49. The van der Waals surface area contributed by atoms with Crippen LogP contribution in [0, 0.1) is 12.8 Å². The number of hydrogen-bond donors (Lipinski definition) is 0. The van der Waals surface area contributed by atoms with Gasteiger partial charge in [0, 0.05) is 37.2 Å². The Bertz CT molecular complexity index is 1240. The van der Waals surface area contributed by atoms with E-state index >= 15 is 0 Å². The fourth-order valence-electron chi connectivity index (χ4n) is 6.62. The number of carbonyl (C=O) groups excluding carboxylic acids is 2. The first-order valence-electron chi connectivity index (χ1n) is 12.7. The number of carbonyl (C=O) groups is 2. The molecule has 0 N–H and O–H groups in total. The first kappa shape index (κ1) is 22.1. The van der Waals surface area contributed by atoms with Crippen LogP contribution in [0.2, 0.25) is 0 Å². The SMILES string of the molecule is Cc1nn(C)cc1C(=O)C1CC2CCCC(C1)N2C(=O)OCC1c2ccccc2-c2ccccc21. The highest BCUT2D eigenvalue weighted by Gasteiger charge is 2.44. The summed E-state index contributed by atoms with van der Waals surface area (Å²) in [5.74, 6) is 0.157. The van der Waals surface area contributed by atoms with Crippen LogP contribution in [0.4, 0.5) is 4.79 Å². The van der Waals surface area contributed by atoms with Gasteiger partial charge >= 0.3 is 6.09 Å². The number of aromatic nitrogens is 2. The summed E-state index contributed by atoms with van der Waals surface area (Å²) in [4.78, 5) is 28.6. The van der Waals surface area contributed by atoms with E-state index in [1.165, 1.54) is 22.3 Å². The molecule has 0 saturated carbocycles. The Labute approximate surface area is 205 Å². The normalized spacial score (nSPS) is 23.0. The van der Waals surface area contributed by atoms with Crippen molar-refractivity contribution in [1.29, 1.82) is 0 Å². The van der Waals surface area contributed by atoms with Gasteiger partial charge < -0.3 is 9.64 Å². The average molecular weight is 470 g/mol. The summed E-state index contributed by atoms with van der Waals surface area (Å²) < 4.78 is 7.71. The number of ether oxygens (including phenoxy) is 1. The van der Waals surface area contributed by atoms with Crippen molar-refractivity contribution in [2.45, 2.75) is 57.0 Å². The highest BCUT2D eigenvalue weighted by Crippen LogP contribution is 2.45. The van der Waals surface area contributed by atoms with Crippen LogP contribution >= 0.6 is 0 Å². The van der Waals surface area contributed by atoms with Crippen LogP contribution < -0.4 is 0 Å². The van der Waals surface area contributed by atoms with Gasteiger partial charge in [0.2, 0.25) is 0 Å². The van der Waals surface area contributed by atoms with Crippen molar-refractivity contribution in [3.05, 3.63) is 77.1 Å². The summed E-state index contributed by atoms with van der Waals surface area (Å²) in [6.07, 6.45) is 5.94. The van der Waals surface area contributed by atoms with Crippen LogP contribution in [0.5, 0.6) is 0 Å². The van der Waals surface area contributed by atoms with E-state index in [1.54, 1.807) is 4.68 Å². The third-order valence-corrected chi connectivity index (χ3v) is 8.17. The number of nitrogens with zero attached hydrogens (tertiary/aromatic N) is 3. The summed E-state index contributed by atoms with van der Waals surface area (Å²) in [6.45, 7) is 2.22. The lowest BCUT2D eigenvalue weighted by Crippen LogP contribution is -2.55. The molecule has 6 heteroatoms. The van der Waals surface area contributed by atoms with E-state index in [4.69, 9.17) is 4.74 Å². The van der Waals surface area contributed by atoms with Gasteiger partial charge in [0.25, 0.3) is 0 Å². The minimum Gasteiger partial charge on any atom is -0.448 e. The molecule has 35 heavy (non-hydrogen) atoms. The molecule has 2 saturated heterocycles. The molecule has 2 atom stereocenters. The van der Waals surface area contributed by atoms with Crippen molar-refractivity contribution in [1.82, 2.24) is 14.7 Å². The van der Waals surface area contributed by atoms with Crippen LogP contribution in [0.1, 0.15) is 65.2 Å². The molecule has 2 unspecified atom stereocenters. The molecule has 6 rings (SSSR count). The van der Waals surface area contributed by atoms with Gasteiger partial charge in [0.05, 0.1) is 11.3 Å². The standard InChI is InChI=1S/C29H31N3O3/c1-18-26(16-31(2)30-18)28(33)19-14-20-8-7-9-21(15-19)32(20)29(34)35-17-27-24-12-5-3-10-22(24)23-11-4-6-13-25(23)27/h3-6,10-13,16,19-21,27H,7-9,14-15,17H2,1-2H3. The lowest BCUT2D eigenvalue weighted by atomic mass is 9.76. The van der Waals surface area contributed by atoms with Crippen molar-refractivity contribution >= 4 is 11.9 Å². The minimum atomic E-state index is -0.231. The second kappa shape index (κ2) is 8.67. The van der Waals surface area contributed by atoms with Gasteiger partial charge in [-0.2, -0.15) is 5.10 Å². The summed E-state index contributed by atoms with van der Waals surface area (Å²) in [7, 11) is 1.85. The average Bonchev–Trinajstić information content (AvgIpc) is 3.37. The highest BCUT2D eigenvalue weighted by atomic mass is 16.6. The van der Waals surface area contributed by atoms with Gasteiger partial charge in [-0.1, -0.05) is 48.5 Å².